The van der Waals surface area contributed by atoms with E-state index in [4.69, 9.17) is 0 Å². The first kappa shape index (κ1) is 13.4. The summed E-state index contributed by atoms with van der Waals surface area (Å²) >= 11 is 0. The van der Waals surface area contributed by atoms with Gasteiger partial charge in [-0.25, -0.2) is 4.98 Å². The Morgan fingerprint density at radius 1 is 1.65 bits per heavy atom. The molecular weight excluding hydrogens is 222 g/mol. The summed E-state index contributed by atoms with van der Waals surface area (Å²) in [6, 6.07) is 1.41. The highest BCUT2D eigenvalue weighted by atomic mass is 16.6. The molecule has 0 spiro atoms. The van der Waals surface area contributed by atoms with Gasteiger partial charge in [0.25, 0.3) is 5.69 Å². The lowest BCUT2D eigenvalue weighted by atomic mass is 10.2. The average molecular weight is 239 g/mol. The van der Waals surface area contributed by atoms with Crippen LogP contribution in [0.25, 0.3) is 0 Å². The van der Waals surface area contributed by atoms with Gasteiger partial charge in [-0.1, -0.05) is 6.92 Å². The van der Waals surface area contributed by atoms with Gasteiger partial charge in [0.05, 0.1) is 17.1 Å². The van der Waals surface area contributed by atoms with Crippen LogP contribution in [0.1, 0.15) is 25.3 Å². The number of aliphatic hydroxyl groups excluding tert-OH is 1. The zero-order chi connectivity index (χ0) is 12.8. The smallest absolute Gasteiger partial charge is 0.277 e. The van der Waals surface area contributed by atoms with Crippen molar-refractivity contribution in [1.82, 2.24) is 4.98 Å². The minimum Gasteiger partial charge on any atom is -0.393 e. The van der Waals surface area contributed by atoms with E-state index in [1.54, 1.807) is 6.92 Å². The third-order valence-electron chi connectivity index (χ3n) is 2.53. The lowest BCUT2D eigenvalue weighted by molar-refractivity contribution is -0.385. The molecule has 0 bridgehead atoms. The predicted molar refractivity (Wildman–Crippen MR) is 65.0 cm³/mol. The second-order valence-electron chi connectivity index (χ2n) is 3.89. The number of hydrogen-bond donors (Lipinski definition) is 2. The number of rotatable bonds is 6. The number of aliphatic hydroxyl groups is 1. The largest absolute Gasteiger partial charge is 0.393 e. The second-order valence-corrected chi connectivity index (χ2v) is 3.89. The van der Waals surface area contributed by atoms with Gasteiger partial charge < -0.3 is 10.4 Å². The fraction of sp³-hybridized carbons (Fsp3) is 0.545. The first-order valence-electron chi connectivity index (χ1n) is 5.57. The van der Waals surface area contributed by atoms with Gasteiger partial charge in [-0.2, -0.15) is 0 Å². The Balaban J connectivity index is 2.60. The number of aryl methyl sites for hydroxylation is 1. The molecule has 1 rings (SSSR count). The molecule has 1 aromatic rings. The molecule has 1 unspecified atom stereocenters. The molecule has 2 N–H and O–H groups in total. The van der Waals surface area contributed by atoms with Gasteiger partial charge in [0, 0.05) is 18.3 Å². The van der Waals surface area contributed by atoms with Crippen molar-refractivity contribution in [2.45, 2.75) is 32.8 Å². The van der Waals surface area contributed by atoms with Gasteiger partial charge in [0.1, 0.15) is 5.82 Å². The van der Waals surface area contributed by atoms with Crippen molar-refractivity contribution in [2.24, 2.45) is 0 Å². The summed E-state index contributed by atoms with van der Waals surface area (Å²) < 4.78 is 0. The summed E-state index contributed by atoms with van der Waals surface area (Å²) in [4.78, 5) is 14.3. The number of pyridine rings is 1. The molecule has 1 atom stereocenters. The first-order chi connectivity index (χ1) is 8.04. The van der Waals surface area contributed by atoms with E-state index >= 15 is 0 Å². The van der Waals surface area contributed by atoms with Gasteiger partial charge in [-0.15, -0.1) is 0 Å². The van der Waals surface area contributed by atoms with Crippen molar-refractivity contribution in [3.05, 3.63) is 27.9 Å². The summed E-state index contributed by atoms with van der Waals surface area (Å²) in [6.45, 7) is 4.09. The van der Waals surface area contributed by atoms with Crippen LogP contribution in [0.5, 0.6) is 0 Å². The summed E-state index contributed by atoms with van der Waals surface area (Å²) in [5.41, 5.74) is 0.590. The Morgan fingerprint density at radius 3 is 2.94 bits per heavy atom. The van der Waals surface area contributed by atoms with Crippen LogP contribution in [0.4, 0.5) is 11.5 Å². The maximum Gasteiger partial charge on any atom is 0.277 e. The highest BCUT2D eigenvalue weighted by Crippen LogP contribution is 2.19. The number of hydrogen-bond acceptors (Lipinski definition) is 5. The lowest BCUT2D eigenvalue weighted by Gasteiger charge is -2.09. The standard InChI is InChI=1S/C11H17N3O3/c1-3-9(15)4-5-12-11-6-10(14(16)17)8(2)7-13-11/h6-7,9,15H,3-5H2,1-2H3,(H,12,13). The van der Waals surface area contributed by atoms with E-state index in [1.807, 2.05) is 6.92 Å². The van der Waals surface area contributed by atoms with Crippen LogP contribution in [-0.4, -0.2) is 27.7 Å². The number of anilines is 1. The van der Waals surface area contributed by atoms with E-state index in [0.29, 0.717) is 30.8 Å². The molecule has 94 valence electrons. The Morgan fingerprint density at radius 2 is 2.35 bits per heavy atom. The van der Waals surface area contributed by atoms with Crippen LogP contribution in [0.3, 0.4) is 0 Å². The molecule has 0 amide bonds. The summed E-state index contributed by atoms with van der Waals surface area (Å²) in [5.74, 6) is 0.464. The number of nitrogens with one attached hydrogen (secondary N) is 1. The third kappa shape index (κ3) is 3.99. The van der Waals surface area contributed by atoms with E-state index in [1.165, 1.54) is 12.3 Å². The Bertz CT molecular complexity index is 396. The van der Waals surface area contributed by atoms with Gasteiger partial charge in [0.2, 0.25) is 0 Å². The van der Waals surface area contributed by atoms with Crippen molar-refractivity contribution < 1.29 is 10.0 Å². The van der Waals surface area contributed by atoms with E-state index in [0.717, 1.165) is 0 Å². The normalized spacial score (nSPS) is 12.2. The zero-order valence-electron chi connectivity index (χ0n) is 10.0. The minimum absolute atomic E-state index is 0.0542. The molecule has 0 saturated carbocycles. The Kier molecular flexibility index (Phi) is 4.84. The van der Waals surface area contributed by atoms with Crippen LogP contribution < -0.4 is 5.32 Å². The van der Waals surface area contributed by atoms with Gasteiger partial charge >= 0.3 is 0 Å². The predicted octanol–water partition coefficient (Wildman–Crippen LogP) is 1.87. The fourth-order valence-electron chi connectivity index (χ4n) is 1.38. The van der Waals surface area contributed by atoms with Crippen LogP contribution in [0.15, 0.2) is 12.3 Å². The van der Waals surface area contributed by atoms with Crippen LogP contribution in [0, 0.1) is 17.0 Å². The third-order valence-corrected chi connectivity index (χ3v) is 2.53. The number of nitro groups is 1. The monoisotopic (exact) mass is 239 g/mol. The molecule has 0 aromatic carbocycles. The summed E-state index contributed by atoms with van der Waals surface area (Å²) in [6.07, 6.45) is 2.42. The van der Waals surface area contributed by atoms with Crippen molar-refractivity contribution in [3.63, 3.8) is 0 Å². The molecule has 0 aliphatic rings. The molecule has 6 heteroatoms. The first-order valence-corrected chi connectivity index (χ1v) is 5.57. The number of aromatic nitrogens is 1. The molecule has 0 aliphatic heterocycles. The molecule has 17 heavy (non-hydrogen) atoms. The molecule has 0 saturated heterocycles. The van der Waals surface area contributed by atoms with Crippen molar-refractivity contribution in [2.75, 3.05) is 11.9 Å². The van der Waals surface area contributed by atoms with E-state index in [2.05, 4.69) is 10.3 Å². The van der Waals surface area contributed by atoms with Gasteiger partial charge in [-0.3, -0.25) is 10.1 Å². The van der Waals surface area contributed by atoms with Gasteiger partial charge in [-0.05, 0) is 19.8 Å². The molecule has 1 heterocycles. The SMILES string of the molecule is CCC(O)CCNc1cc([N+](=O)[O-])c(C)cn1. The summed E-state index contributed by atoms with van der Waals surface area (Å²) in [5, 5.41) is 23.0. The molecule has 0 radical (unpaired) electrons. The molecule has 1 aromatic heterocycles. The highest BCUT2D eigenvalue weighted by Gasteiger charge is 2.11. The zero-order valence-corrected chi connectivity index (χ0v) is 10.0. The molecule has 0 aliphatic carbocycles. The van der Waals surface area contributed by atoms with Crippen LogP contribution in [-0.2, 0) is 0 Å². The maximum absolute atomic E-state index is 10.7. The summed E-state index contributed by atoms with van der Waals surface area (Å²) in [7, 11) is 0. The average Bonchev–Trinajstić information content (AvgIpc) is 2.30. The van der Waals surface area contributed by atoms with E-state index in [9.17, 15) is 15.2 Å². The highest BCUT2D eigenvalue weighted by molar-refractivity contribution is 5.48. The fourth-order valence-corrected chi connectivity index (χ4v) is 1.38. The van der Waals surface area contributed by atoms with Crippen molar-refractivity contribution in [1.29, 1.82) is 0 Å². The molecule has 0 fully saturated rings. The Hall–Kier alpha value is -1.69. The van der Waals surface area contributed by atoms with Crippen molar-refractivity contribution >= 4 is 11.5 Å². The lowest BCUT2D eigenvalue weighted by Crippen LogP contribution is -2.13. The minimum atomic E-state index is -0.427. The maximum atomic E-state index is 10.7. The number of nitrogens with zero attached hydrogens (tertiary/aromatic N) is 2. The molecular formula is C11H17N3O3. The molecule has 6 nitrogen and oxygen atoms in total. The van der Waals surface area contributed by atoms with E-state index in [-0.39, 0.29) is 11.8 Å². The topological polar surface area (TPSA) is 88.3 Å². The van der Waals surface area contributed by atoms with E-state index < -0.39 is 4.92 Å². The quantitative estimate of drug-likeness (QED) is 0.584. The second kappa shape index (κ2) is 6.15. The van der Waals surface area contributed by atoms with Crippen LogP contribution in [0.2, 0.25) is 0 Å². The van der Waals surface area contributed by atoms with Crippen LogP contribution >= 0.6 is 0 Å². The van der Waals surface area contributed by atoms with Gasteiger partial charge in [0.15, 0.2) is 0 Å². The van der Waals surface area contributed by atoms with Crippen molar-refractivity contribution in [3.8, 4) is 0 Å². The Labute approximate surface area is 99.8 Å².